The van der Waals surface area contributed by atoms with Crippen molar-refractivity contribution >= 4 is 35.2 Å². The van der Waals surface area contributed by atoms with E-state index in [2.05, 4.69) is 24.7 Å². The zero-order valence-corrected chi connectivity index (χ0v) is 16.0. The van der Waals surface area contributed by atoms with Crippen molar-refractivity contribution in [2.24, 2.45) is 5.73 Å². The highest BCUT2D eigenvalue weighted by atomic mass is 35.5. The largest absolute Gasteiger partial charge is 0.496 e. The van der Waals surface area contributed by atoms with Crippen molar-refractivity contribution < 1.29 is 19.4 Å². The number of nitrogens with one attached hydrogen (secondary N) is 2. The van der Waals surface area contributed by atoms with Gasteiger partial charge in [-0.2, -0.15) is 11.8 Å². The standard InChI is InChI=1S/C16H24ClN3O4S/c1-9(2)25-7-6-12(18)14(21)16(23)20-19-15(22)11-8-10(17)4-5-13(11)24-3/h4-5,8-9,12,14,21H,6-7,18H2,1-3H3,(H,19,22)(H,20,23)/t12-,14?/m1/s1. The van der Waals surface area contributed by atoms with Gasteiger partial charge < -0.3 is 15.6 Å². The fourth-order valence-electron chi connectivity index (χ4n) is 1.91. The molecule has 0 fully saturated rings. The quantitative estimate of drug-likeness (QED) is 0.499. The molecule has 1 aromatic rings. The maximum Gasteiger partial charge on any atom is 0.273 e. The summed E-state index contributed by atoms with van der Waals surface area (Å²) in [5, 5.41) is 10.7. The van der Waals surface area contributed by atoms with Crippen LogP contribution in [0, 0.1) is 0 Å². The third-order valence-corrected chi connectivity index (χ3v) is 4.66. The number of hydrogen-bond acceptors (Lipinski definition) is 6. The molecule has 0 aromatic heterocycles. The molecule has 0 spiro atoms. The van der Waals surface area contributed by atoms with E-state index in [-0.39, 0.29) is 5.56 Å². The van der Waals surface area contributed by atoms with Crippen LogP contribution in [-0.4, -0.2) is 47.2 Å². The van der Waals surface area contributed by atoms with Crippen LogP contribution in [0.15, 0.2) is 18.2 Å². The summed E-state index contributed by atoms with van der Waals surface area (Å²) in [4.78, 5) is 24.1. The van der Waals surface area contributed by atoms with Gasteiger partial charge in [0.15, 0.2) is 0 Å². The average molecular weight is 390 g/mol. The Morgan fingerprint density at radius 1 is 1.36 bits per heavy atom. The predicted molar refractivity (Wildman–Crippen MR) is 99.8 cm³/mol. The SMILES string of the molecule is COc1ccc(Cl)cc1C(=O)NNC(=O)C(O)[C@H](N)CCSC(C)C. The molecule has 5 N–H and O–H groups in total. The lowest BCUT2D eigenvalue weighted by Crippen LogP contribution is -2.52. The van der Waals surface area contributed by atoms with E-state index in [9.17, 15) is 14.7 Å². The molecule has 9 heteroatoms. The lowest BCUT2D eigenvalue weighted by atomic mass is 10.1. The molecule has 25 heavy (non-hydrogen) atoms. The number of nitrogens with two attached hydrogens (primary N) is 1. The molecular formula is C16H24ClN3O4S. The monoisotopic (exact) mass is 389 g/mol. The van der Waals surface area contributed by atoms with Gasteiger partial charge in [-0.15, -0.1) is 0 Å². The van der Waals surface area contributed by atoms with Gasteiger partial charge in [-0.3, -0.25) is 20.4 Å². The van der Waals surface area contributed by atoms with Crippen molar-refractivity contribution in [3.63, 3.8) is 0 Å². The summed E-state index contributed by atoms with van der Waals surface area (Å²) < 4.78 is 5.07. The van der Waals surface area contributed by atoms with Gasteiger partial charge >= 0.3 is 0 Å². The van der Waals surface area contributed by atoms with Gasteiger partial charge in [-0.05, 0) is 35.6 Å². The number of aliphatic hydroxyl groups excluding tert-OH is 1. The van der Waals surface area contributed by atoms with Crippen LogP contribution in [0.1, 0.15) is 30.6 Å². The van der Waals surface area contributed by atoms with Crippen molar-refractivity contribution in [2.75, 3.05) is 12.9 Å². The van der Waals surface area contributed by atoms with Crippen LogP contribution in [0.25, 0.3) is 0 Å². The van der Waals surface area contributed by atoms with Gasteiger partial charge in [0.25, 0.3) is 11.8 Å². The number of carbonyl (C=O) groups excluding carboxylic acids is 2. The van der Waals surface area contributed by atoms with E-state index in [1.807, 2.05) is 0 Å². The van der Waals surface area contributed by atoms with E-state index in [4.69, 9.17) is 22.1 Å². The lowest BCUT2D eigenvalue weighted by molar-refractivity contribution is -0.131. The third kappa shape index (κ3) is 7.11. The molecule has 0 aliphatic rings. The molecule has 0 aliphatic carbocycles. The zero-order chi connectivity index (χ0) is 19.0. The number of rotatable bonds is 8. The first-order valence-electron chi connectivity index (χ1n) is 7.75. The van der Waals surface area contributed by atoms with Crippen LogP contribution in [0.3, 0.4) is 0 Å². The highest BCUT2D eigenvalue weighted by Crippen LogP contribution is 2.22. The van der Waals surface area contributed by atoms with Crippen LogP contribution in [0.5, 0.6) is 5.75 Å². The number of amides is 2. The fourth-order valence-corrected chi connectivity index (χ4v) is 2.96. The third-order valence-electron chi connectivity index (χ3n) is 3.28. The first kappa shape index (κ1) is 21.6. The molecule has 0 bridgehead atoms. The van der Waals surface area contributed by atoms with E-state index in [0.29, 0.717) is 22.4 Å². The number of methoxy groups -OCH3 is 1. The van der Waals surface area contributed by atoms with E-state index >= 15 is 0 Å². The Balaban J connectivity index is 2.55. The maximum atomic E-state index is 12.1. The summed E-state index contributed by atoms with van der Waals surface area (Å²) in [5.74, 6) is -0.366. The molecule has 140 valence electrons. The van der Waals surface area contributed by atoms with Gasteiger partial charge in [-0.1, -0.05) is 25.4 Å². The van der Waals surface area contributed by atoms with Gasteiger partial charge in [0.2, 0.25) is 0 Å². The summed E-state index contributed by atoms with van der Waals surface area (Å²) in [6.07, 6.45) is -0.942. The summed E-state index contributed by atoms with van der Waals surface area (Å²) in [7, 11) is 1.41. The molecular weight excluding hydrogens is 366 g/mol. The second-order valence-corrected chi connectivity index (χ2v) is 7.73. The Bertz CT molecular complexity index is 601. The van der Waals surface area contributed by atoms with Crippen molar-refractivity contribution in [1.29, 1.82) is 0 Å². The predicted octanol–water partition coefficient (Wildman–Crippen LogP) is 1.33. The average Bonchev–Trinajstić information content (AvgIpc) is 2.58. The van der Waals surface area contributed by atoms with Crippen molar-refractivity contribution in [1.82, 2.24) is 10.9 Å². The Morgan fingerprint density at radius 3 is 2.64 bits per heavy atom. The highest BCUT2D eigenvalue weighted by Gasteiger charge is 2.23. The van der Waals surface area contributed by atoms with Crippen LogP contribution < -0.4 is 21.3 Å². The summed E-state index contributed by atoms with van der Waals surface area (Å²) >= 11 is 7.55. The Morgan fingerprint density at radius 2 is 2.04 bits per heavy atom. The van der Waals surface area contributed by atoms with Crippen LogP contribution in [0.2, 0.25) is 5.02 Å². The van der Waals surface area contributed by atoms with E-state index in [1.54, 1.807) is 17.8 Å². The number of hydrogen-bond donors (Lipinski definition) is 4. The molecule has 2 atom stereocenters. The fraction of sp³-hybridized carbons (Fsp3) is 0.500. The first-order valence-corrected chi connectivity index (χ1v) is 9.18. The minimum Gasteiger partial charge on any atom is -0.496 e. The summed E-state index contributed by atoms with van der Waals surface area (Å²) in [6, 6.07) is 3.81. The second kappa shape index (κ2) is 10.5. The van der Waals surface area contributed by atoms with E-state index in [0.717, 1.165) is 5.75 Å². The molecule has 1 unspecified atom stereocenters. The molecule has 1 aromatic carbocycles. The minimum absolute atomic E-state index is 0.155. The van der Waals surface area contributed by atoms with Gasteiger partial charge in [0.1, 0.15) is 11.9 Å². The Hall–Kier alpha value is -1.48. The number of thioether (sulfide) groups is 1. The number of carbonyl (C=O) groups is 2. The minimum atomic E-state index is -1.42. The first-order chi connectivity index (χ1) is 11.8. The van der Waals surface area contributed by atoms with Crippen molar-refractivity contribution in [3.8, 4) is 5.75 Å². The molecule has 1 rings (SSSR count). The zero-order valence-electron chi connectivity index (χ0n) is 14.4. The highest BCUT2D eigenvalue weighted by molar-refractivity contribution is 7.99. The maximum absolute atomic E-state index is 12.1. The molecule has 7 nitrogen and oxygen atoms in total. The Kier molecular flexibility index (Phi) is 9.05. The number of benzene rings is 1. The molecule has 2 amide bonds. The normalized spacial score (nSPS) is 13.2. The van der Waals surface area contributed by atoms with Gasteiger partial charge in [-0.25, -0.2) is 0 Å². The molecule has 0 radical (unpaired) electrons. The molecule has 0 heterocycles. The number of aliphatic hydroxyl groups is 1. The van der Waals surface area contributed by atoms with Gasteiger partial charge in [0, 0.05) is 11.1 Å². The van der Waals surface area contributed by atoms with E-state index < -0.39 is 24.0 Å². The van der Waals surface area contributed by atoms with Crippen molar-refractivity contribution in [3.05, 3.63) is 28.8 Å². The summed E-state index contributed by atoms with van der Waals surface area (Å²) in [5.41, 5.74) is 10.3. The topological polar surface area (TPSA) is 114 Å². The molecule has 0 aliphatic heterocycles. The molecule has 0 saturated carbocycles. The van der Waals surface area contributed by atoms with E-state index in [1.165, 1.54) is 19.2 Å². The number of ether oxygens (including phenoxy) is 1. The van der Waals surface area contributed by atoms with Crippen LogP contribution >= 0.6 is 23.4 Å². The number of halogens is 1. The van der Waals surface area contributed by atoms with Crippen LogP contribution in [0.4, 0.5) is 0 Å². The Labute approximate surface area is 156 Å². The summed E-state index contributed by atoms with van der Waals surface area (Å²) in [6.45, 7) is 4.11. The smallest absolute Gasteiger partial charge is 0.273 e. The number of hydrazine groups is 1. The van der Waals surface area contributed by atoms with Gasteiger partial charge in [0.05, 0.1) is 12.7 Å². The van der Waals surface area contributed by atoms with Crippen molar-refractivity contribution in [2.45, 2.75) is 37.7 Å². The second-order valence-electron chi connectivity index (χ2n) is 5.60. The molecule has 0 saturated heterocycles. The lowest BCUT2D eigenvalue weighted by Gasteiger charge is -2.19. The van der Waals surface area contributed by atoms with Crippen LogP contribution in [-0.2, 0) is 4.79 Å².